The number of carbonyl (C=O) groups excluding carboxylic acids is 1. The number of pyridine rings is 1. The molecule has 2 rings (SSSR count). The second-order valence-corrected chi connectivity index (χ2v) is 6.43. The molecule has 0 aliphatic heterocycles. The molecule has 0 radical (unpaired) electrons. The minimum Gasteiger partial charge on any atom is -0.351 e. The van der Waals surface area contributed by atoms with Gasteiger partial charge in [0, 0.05) is 24.7 Å². The van der Waals surface area contributed by atoms with Crippen molar-refractivity contribution in [1.82, 2.24) is 19.9 Å². The lowest BCUT2D eigenvalue weighted by molar-refractivity contribution is -0.122. The first-order valence-corrected chi connectivity index (χ1v) is 7.53. The van der Waals surface area contributed by atoms with Crippen LogP contribution in [0.15, 0.2) is 12.3 Å². The summed E-state index contributed by atoms with van der Waals surface area (Å²) in [5, 5.41) is 2.95. The molecule has 0 bridgehead atoms. The van der Waals surface area contributed by atoms with Gasteiger partial charge >= 0.3 is 0 Å². The van der Waals surface area contributed by atoms with E-state index in [2.05, 4.69) is 15.3 Å². The smallest absolute Gasteiger partial charge is 0.222 e. The molecular formula is C15H21ClN4O. The molecule has 6 heteroatoms. The van der Waals surface area contributed by atoms with Crippen LogP contribution in [0.2, 0.25) is 0 Å². The third-order valence-electron chi connectivity index (χ3n) is 3.11. The van der Waals surface area contributed by atoms with Crippen LogP contribution in [0.1, 0.15) is 38.6 Å². The monoisotopic (exact) mass is 308 g/mol. The fourth-order valence-electron chi connectivity index (χ4n) is 2.21. The van der Waals surface area contributed by atoms with Crippen molar-refractivity contribution in [3.63, 3.8) is 0 Å². The maximum Gasteiger partial charge on any atom is 0.222 e. The number of halogens is 1. The van der Waals surface area contributed by atoms with Crippen LogP contribution in [0.5, 0.6) is 0 Å². The minimum atomic E-state index is -0.224. The van der Waals surface area contributed by atoms with Gasteiger partial charge in [0.2, 0.25) is 5.91 Å². The highest BCUT2D eigenvalue weighted by molar-refractivity contribution is 6.16. The summed E-state index contributed by atoms with van der Waals surface area (Å²) < 4.78 is 1.93. The molecule has 0 spiro atoms. The zero-order valence-corrected chi connectivity index (χ0v) is 13.7. The number of hydrogen-bond donors (Lipinski definition) is 1. The van der Waals surface area contributed by atoms with E-state index in [4.69, 9.17) is 11.6 Å². The largest absolute Gasteiger partial charge is 0.351 e. The Morgan fingerprint density at radius 3 is 2.76 bits per heavy atom. The van der Waals surface area contributed by atoms with Crippen molar-refractivity contribution in [2.24, 2.45) is 0 Å². The maximum atomic E-state index is 12.0. The van der Waals surface area contributed by atoms with Crippen LogP contribution in [0.25, 0.3) is 11.2 Å². The first-order valence-electron chi connectivity index (χ1n) is 6.99. The van der Waals surface area contributed by atoms with Crippen molar-refractivity contribution < 1.29 is 4.79 Å². The second kappa shape index (κ2) is 6.02. The molecule has 2 heterocycles. The molecule has 0 unspecified atom stereocenters. The number of amides is 1. The standard InChI is InChI=1S/C15H21ClN4O/c1-10-5-7-17-14-13(10)18-11(9-16)20(14)8-6-12(21)19-15(2,3)4/h5,7H,6,8-9H2,1-4H3,(H,19,21). The van der Waals surface area contributed by atoms with Crippen LogP contribution in [0.3, 0.4) is 0 Å². The molecule has 114 valence electrons. The number of nitrogens with one attached hydrogen (secondary N) is 1. The highest BCUT2D eigenvalue weighted by Crippen LogP contribution is 2.19. The number of alkyl halides is 1. The summed E-state index contributed by atoms with van der Waals surface area (Å²) in [7, 11) is 0. The van der Waals surface area contributed by atoms with E-state index in [-0.39, 0.29) is 11.4 Å². The Bertz CT molecular complexity index is 657. The molecule has 0 aliphatic rings. The van der Waals surface area contributed by atoms with E-state index in [1.807, 2.05) is 38.3 Å². The van der Waals surface area contributed by atoms with Crippen molar-refractivity contribution in [2.45, 2.75) is 52.1 Å². The molecule has 1 amide bonds. The lowest BCUT2D eigenvalue weighted by Gasteiger charge is -2.20. The van der Waals surface area contributed by atoms with Gasteiger partial charge in [-0.15, -0.1) is 11.6 Å². The predicted octanol–water partition coefficient (Wildman–Crippen LogP) is 2.78. The van der Waals surface area contributed by atoms with E-state index in [9.17, 15) is 4.79 Å². The number of nitrogens with zero attached hydrogens (tertiary/aromatic N) is 3. The van der Waals surface area contributed by atoms with E-state index in [0.717, 1.165) is 22.6 Å². The number of carbonyl (C=O) groups is 1. The SMILES string of the molecule is Cc1ccnc2c1nc(CCl)n2CCC(=O)NC(C)(C)C. The number of aromatic nitrogens is 3. The van der Waals surface area contributed by atoms with Gasteiger partial charge in [0.05, 0.1) is 5.88 Å². The number of aryl methyl sites for hydroxylation is 2. The van der Waals surface area contributed by atoms with E-state index in [1.54, 1.807) is 6.20 Å². The van der Waals surface area contributed by atoms with Gasteiger partial charge in [-0.2, -0.15) is 0 Å². The van der Waals surface area contributed by atoms with Crippen LogP contribution >= 0.6 is 11.6 Å². The normalized spacial score (nSPS) is 11.9. The highest BCUT2D eigenvalue weighted by Gasteiger charge is 2.16. The molecule has 0 fully saturated rings. The molecule has 0 saturated heterocycles. The van der Waals surface area contributed by atoms with E-state index >= 15 is 0 Å². The van der Waals surface area contributed by atoms with Crippen molar-refractivity contribution >= 4 is 28.7 Å². The summed E-state index contributed by atoms with van der Waals surface area (Å²) in [6.07, 6.45) is 2.13. The topological polar surface area (TPSA) is 59.8 Å². The average Bonchev–Trinajstić information content (AvgIpc) is 2.73. The fourth-order valence-corrected chi connectivity index (χ4v) is 2.42. The zero-order valence-electron chi connectivity index (χ0n) is 12.9. The van der Waals surface area contributed by atoms with Crippen LogP contribution in [-0.2, 0) is 17.2 Å². The zero-order chi connectivity index (χ0) is 15.6. The minimum absolute atomic E-state index is 0.0116. The third kappa shape index (κ3) is 3.73. The van der Waals surface area contributed by atoms with Crippen molar-refractivity contribution in [3.05, 3.63) is 23.7 Å². The van der Waals surface area contributed by atoms with Gasteiger partial charge in [-0.1, -0.05) is 0 Å². The van der Waals surface area contributed by atoms with Gasteiger partial charge in [0.25, 0.3) is 0 Å². The Labute approximate surface area is 129 Å². The van der Waals surface area contributed by atoms with Crippen LogP contribution in [0, 0.1) is 6.92 Å². The Morgan fingerprint density at radius 2 is 2.14 bits per heavy atom. The van der Waals surface area contributed by atoms with Gasteiger partial charge in [-0.05, 0) is 39.3 Å². The third-order valence-corrected chi connectivity index (χ3v) is 3.35. The molecule has 2 aromatic rings. The van der Waals surface area contributed by atoms with Gasteiger partial charge in [-0.25, -0.2) is 9.97 Å². The van der Waals surface area contributed by atoms with Gasteiger partial charge < -0.3 is 9.88 Å². The highest BCUT2D eigenvalue weighted by atomic mass is 35.5. The molecule has 0 saturated carbocycles. The quantitative estimate of drug-likeness (QED) is 0.884. The van der Waals surface area contributed by atoms with Crippen molar-refractivity contribution in [3.8, 4) is 0 Å². The Hall–Kier alpha value is -1.62. The number of hydrogen-bond acceptors (Lipinski definition) is 3. The Kier molecular flexibility index (Phi) is 4.52. The van der Waals surface area contributed by atoms with Crippen LogP contribution < -0.4 is 5.32 Å². The summed E-state index contributed by atoms with van der Waals surface area (Å²) in [6.45, 7) is 8.41. The molecule has 5 nitrogen and oxygen atoms in total. The number of imidazole rings is 1. The summed E-state index contributed by atoms with van der Waals surface area (Å²) in [5.41, 5.74) is 2.47. The van der Waals surface area contributed by atoms with Gasteiger partial charge in [-0.3, -0.25) is 4.79 Å². The molecule has 0 atom stereocenters. The van der Waals surface area contributed by atoms with Gasteiger partial charge in [0.1, 0.15) is 11.3 Å². The Balaban J connectivity index is 2.22. The first kappa shape index (κ1) is 15.8. The van der Waals surface area contributed by atoms with E-state index < -0.39 is 0 Å². The summed E-state index contributed by atoms with van der Waals surface area (Å²) in [6, 6.07) is 1.92. The molecule has 0 aromatic carbocycles. The number of fused-ring (bicyclic) bond motifs is 1. The van der Waals surface area contributed by atoms with E-state index in [0.29, 0.717) is 18.8 Å². The molecule has 0 aliphatic carbocycles. The first-order chi connectivity index (χ1) is 9.81. The van der Waals surface area contributed by atoms with Crippen LogP contribution in [0.4, 0.5) is 0 Å². The fraction of sp³-hybridized carbons (Fsp3) is 0.533. The summed E-state index contributed by atoms with van der Waals surface area (Å²) in [4.78, 5) is 20.9. The molecule has 21 heavy (non-hydrogen) atoms. The maximum absolute atomic E-state index is 12.0. The lowest BCUT2D eigenvalue weighted by atomic mass is 10.1. The Morgan fingerprint density at radius 1 is 1.43 bits per heavy atom. The van der Waals surface area contributed by atoms with Crippen LogP contribution in [-0.4, -0.2) is 26.0 Å². The lowest BCUT2D eigenvalue weighted by Crippen LogP contribution is -2.40. The number of rotatable bonds is 4. The average molecular weight is 309 g/mol. The van der Waals surface area contributed by atoms with E-state index in [1.165, 1.54) is 0 Å². The molecule has 1 N–H and O–H groups in total. The van der Waals surface area contributed by atoms with Crippen molar-refractivity contribution in [1.29, 1.82) is 0 Å². The van der Waals surface area contributed by atoms with Crippen molar-refractivity contribution in [2.75, 3.05) is 0 Å². The molecule has 2 aromatic heterocycles. The summed E-state index contributed by atoms with van der Waals surface area (Å²) in [5.74, 6) is 1.06. The summed E-state index contributed by atoms with van der Waals surface area (Å²) >= 11 is 5.97. The predicted molar refractivity (Wildman–Crippen MR) is 84.3 cm³/mol. The van der Waals surface area contributed by atoms with Gasteiger partial charge in [0.15, 0.2) is 5.65 Å². The second-order valence-electron chi connectivity index (χ2n) is 6.16. The molecular weight excluding hydrogens is 288 g/mol.